The lowest BCUT2D eigenvalue weighted by atomic mass is 10.0. The fourth-order valence-corrected chi connectivity index (χ4v) is 4.47. The van der Waals surface area contributed by atoms with Crippen molar-refractivity contribution < 1.29 is 14.3 Å². The van der Waals surface area contributed by atoms with Gasteiger partial charge < -0.3 is 9.47 Å². The minimum atomic E-state index is -1.13. The molecular weight excluding hydrogens is 410 g/mol. The van der Waals surface area contributed by atoms with Crippen LogP contribution < -0.4 is 4.74 Å². The fourth-order valence-electron chi connectivity index (χ4n) is 4.47. The van der Waals surface area contributed by atoms with E-state index in [2.05, 4.69) is 49.3 Å². The van der Waals surface area contributed by atoms with Gasteiger partial charge in [0.25, 0.3) is 0 Å². The number of rotatable bonds is 5. The summed E-state index contributed by atoms with van der Waals surface area (Å²) in [4.78, 5) is 13.1. The lowest BCUT2D eigenvalue weighted by molar-refractivity contribution is -0.143. The van der Waals surface area contributed by atoms with Crippen molar-refractivity contribution in [3.8, 4) is 17.0 Å². The van der Waals surface area contributed by atoms with Gasteiger partial charge in [0.05, 0.1) is 16.8 Å². The fraction of sp³-hybridized carbons (Fsp3) is 0.207. The maximum absolute atomic E-state index is 13.1. The van der Waals surface area contributed by atoms with Crippen LogP contribution in [0, 0.1) is 0 Å². The smallest absolute Gasteiger partial charge is 0.339 e. The Hall–Kier alpha value is -3.79. The highest BCUT2D eigenvalue weighted by Gasteiger charge is 2.43. The molecule has 1 aromatic heterocycles. The first-order valence-corrected chi connectivity index (χ1v) is 11.2. The van der Waals surface area contributed by atoms with Crippen molar-refractivity contribution in [1.29, 1.82) is 0 Å². The van der Waals surface area contributed by atoms with Crippen molar-refractivity contribution >= 4 is 16.9 Å². The highest BCUT2D eigenvalue weighted by atomic mass is 16.5. The molecule has 4 nitrogen and oxygen atoms in total. The molecule has 5 rings (SSSR count). The summed E-state index contributed by atoms with van der Waals surface area (Å²) in [5.74, 6) is 0.660. The van der Waals surface area contributed by atoms with E-state index in [1.54, 1.807) is 0 Å². The minimum absolute atomic E-state index is 0.183. The molecule has 0 spiro atoms. The number of nitrogens with zero attached hydrogens (tertiary/aromatic N) is 1. The van der Waals surface area contributed by atoms with Gasteiger partial charge in [-0.15, -0.1) is 0 Å². The van der Waals surface area contributed by atoms with E-state index in [0.717, 1.165) is 33.5 Å². The van der Waals surface area contributed by atoms with Crippen molar-refractivity contribution in [2.45, 2.75) is 39.0 Å². The van der Waals surface area contributed by atoms with Gasteiger partial charge in [-0.2, -0.15) is 0 Å². The number of benzene rings is 3. The molecule has 4 heteroatoms. The lowest BCUT2D eigenvalue weighted by Crippen LogP contribution is -2.43. The number of ether oxygens (including phenoxy) is 2. The Morgan fingerprint density at radius 2 is 1.76 bits per heavy atom. The van der Waals surface area contributed by atoms with Crippen molar-refractivity contribution in [2.24, 2.45) is 0 Å². The molecule has 0 radical (unpaired) electrons. The molecule has 3 aromatic carbocycles. The number of fused-ring (bicyclic) bond motifs is 5. The van der Waals surface area contributed by atoms with Crippen LogP contribution in [0.4, 0.5) is 0 Å². The Morgan fingerprint density at radius 3 is 2.52 bits per heavy atom. The van der Waals surface area contributed by atoms with Gasteiger partial charge in [0.15, 0.2) is 0 Å². The summed E-state index contributed by atoms with van der Waals surface area (Å²) < 4.78 is 14.2. The summed E-state index contributed by atoms with van der Waals surface area (Å²) in [7, 11) is 0. The molecule has 0 saturated heterocycles. The number of hydrogen-bond acceptors (Lipinski definition) is 3. The summed E-state index contributed by atoms with van der Waals surface area (Å²) >= 11 is 0. The topological polar surface area (TPSA) is 40.5 Å². The summed E-state index contributed by atoms with van der Waals surface area (Å²) in [5, 5.41) is 1.10. The zero-order valence-corrected chi connectivity index (χ0v) is 19.2. The van der Waals surface area contributed by atoms with Crippen LogP contribution in [0.15, 0.2) is 91.0 Å². The lowest BCUT2D eigenvalue weighted by Gasteiger charge is -2.39. The molecule has 33 heavy (non-hydrogen) atoms. The van der Waals surface area contributed by atoms with E-state index in [9.17, 15) is 4.79 Å². The second-order valence-corrected chi connectivity index (χ2v) is 8.96. The maximum Gasteiger partial charge on any atom is 0.339 e. The monoisotopic (exact) mass is 437 g/mol. The molecule has 166 valence electrons. The highest BCUT2D eigenvalue weighted by Crippen LogP contribution is 2.47. The number of para-hydroxylation sites is 1. The van der Waals surface area contributed by atoms with Gasteiger partial charge in [-0.1, -0.05) is 69.0 Å². The highest BCUT2D eigenvalue weighted by molar-refractivity contribution is 5.94. The SMILES string of the molecule is C=C(C(=O)OCc1ccccc1)C1(C)Oc2ccccc2-c2cc3cc(C(C)C)ccc3n21. The van der Waals surface area contributed by atoms with Gasteiger partial charge in [-0.25, -0.2) is 4.79 Å². The minimum Gasteiger partial charge on any atom is -0.463 e. The van der Waals surface area contributed by atoms with Crippen LogP contribution in [0.5, 0.6) is 5.75 Å². The van der Waals surface area contributed by atoms with Crippen molar-refractivity contribution in [3.63, 3.8) is 0 Å². The zero-order valence-electron chi connectivity index (χ0n) is 19.2. The standard InChI is InChI=1S/C29H27NO3/c1-19(2)22-14-15-25-23(16-22)17-26-24-12-8-9-13-27(24)33-29(4,30(25)26)20(3)28(31)32-18-21-10-6-5-7-11-21/h5-17,19H,3,18H2,1-2,4H3. The summed E-state index contributed by atoms with van der Waals surface area (Å²) in [6, 6.07) is 26.1. The van der Waals surface area contributed by atoms with Crippen LogP contribution in [0.3, 0.4) is 0 Å². The van der Waals surface area contributed by atoms with Crippen LogP contribution >= 0.6 is 0 Å². The Labute approximate surface area is 194 Å². The average molecular weight is 438 g/mol. The Kier molecular flexibility index (Phi) is 5.09. The summed E-state index contributed by atoms with van der Waals surface area (Å²) in [6.07, 6.45) is 0. The first-order valence-electron chi connectivity index (χ1n) is 11.2. The van der Waals surface area contributed by atoms with E-state index < -0.39 is 11.7 Å². The molecule has 0 aliphatic carbocycles. The molecular formula is C29H27NO3. The van der Waals surface area contributed by atoms with Gasteiger partial charge >= 0.3 is 5.97 Å². The largest absolute Gasteiger partial charge is 0.463 e. The number of carbonyl (C=O) groups is 1. The van der Waals surface area contributed by atoms with Crippen molar-refractivity contribution in [3.05, 3.63) is 102 Å². The normalized spacial score (nSPS) is 16.7. The third-order valence-corrected chi connectivity index (χ3v) is 6.41. The van der Waals surface area contributed by atoms with Gasteiger partial charge in [0, 0.05) is 17.9 Å². The van der Waals surface area contributed by atoms with Crippen molar-refractivity contribution in [2.75, 3.05) is 0 Å². The third-order valence-electron chi connectivity index (χ3n) is 6.41. The first-order chi connectivity index (χ1) is 15.9. The van der Waals surface area contributed by atoms with Crippen LogP contribution in [-0.2, 0) is 21.9 Å². The van der Waals surface area contributed by atoms with E-state index in [1.165, 1.54) is 5.56 Å². The molecule has 1 unspecified atom stereocenters. The van der Waals surface area contributed by atoms with E-state index in [0.29, 0.717) is 5.92 Å². The van der Waals surface area contributed by atoms with Crippen LogP contribution in [-0.4, -0.2) is 10.5 Å². The number of aromatic nitrogens is 1. The first kappa shape index (κ1) is 21.1. The van der Waals surface area contributed by atoms with E-state index in [4.69, 9.17) is 9.47 Å². The summed E-state index contributed by atoms with van der Waals surface area (Å²) in [6.45, 7) is 10.6. The molecule has 4 aromatic rings. The van der Waals surface area contributed by atoms with E-state index in [1.807, 2.05) is 61.5 Å². The zero-order chi connectivity index (χ0) is 23.2. The van der Waals surface area contributed by atoms with Crippen molar-refractivity contribution in [1.82, 2.24) is 4.57 Å². The van der Waals surface area contributed by atoms with E-state index >= 15 is 0 Å². The second kappa shape index (κ2) is 7.96. The molecule has 2 heterocycles. The predicted molar refractivity (Wildman–Crippen MR) is 131 cm³/mol. The van der Waals surface area contributed by atoms with Crippen LogP contribution in [0.2, 0.25) is 0 Å². The van der Waals surface area contributed by atoms with E-state index in [-0.39, 0.29) is 12.2 Å². The molecule has 0 bridgehead atoms. The number of esters is 1. The molecule has 0 saturated carbocycles. The molecule has 0 amide bonds. The van der Waals surface area contributed by atoms with Crippen LogP contribution in [0.1, 0.15) is 37.8 Å². The molecule has 1 atom stereocenters. The third kappa shape index (κ3) is 3.52. The second-order valence-electron chi connectivity index (χ2n) is 8.96. The Bertz CT molecular complexity index is 1370. The maximum atomic E-state index is 13.1. The van der Waals surface area contributed by atoms with Gasteiger partial charge in [0.2, 0.25) is 5.72 Å². The van der Waals surface area contributed by atoms with Gasteiger partial charge in [0.1, 0.15) is 12.4 Å². The number of carbonyl (C=O) groups excluding carboxylic acids is 1. The van der Waals surface area contributed by atoms with Gasteiger partial charge in [-0.05, 0) is 47.4 Å². The predicted octanol–water partition coefficient (Wildman–Crippen LogP) is 6.80. The molecule has 0 N–H and O–H groups in total. The Balaban J connectivity index is 1.59. The number of hydrogen-bond donors (Lipinski definition) is 0. The van der Waals surface area contributed by atoms with Gasteiger partial charge in [-0.3, -0.25) is 4.57 Å². The quantitative estimate of drug-likeness (QED) is 0.255. The molecule has 0 fully saturated rings. The average Bonchev–Trinajstić information content (AvgIpc) is 3.23. The Morgan fingerprint density at radius 1 is 1.03 bits per heavy atom. The van der Waals surface area contributed by atoms with Crippen LogP contribution in [0.25, 0.3) is 22.2 Å². The molecule has 1 aliphatic rings. The molecule has 1 aliphatic heterocycles. The summed E-state index contributed by atoms with van der Waals surface area (Å²) in [5.41, 5.74) is 4.28.